The highest BCUT2D eigenvalue weighted by Crippen LogP contribution is 2.58. The highest BCUT2D eigenvalue weighted by Gasteiger charge is 2.46. The summed E-state index contributed by atoms with van der Waals surface area (Å²) < 4.78 is 0. The Balaban J connectivity index is 1.13. The summed E-state index contributed by atoms with van der Waals surface area (Å²) in [5.41, 5.74) is 16.5. The minimum Gasteiger partial charge on any atom is -0.264 e. The summed E-state index contributed by atoms with van der Waals surface area (Å²) in [6, 6.07) is 71.4. The monoisotopic (exact) mass is 701 g/mol. The fourth-order valence-electron chi connectivity index (χ4n) is 8.41. The van der Waals surface area contributed by atoms with Crippen LogP contribution in [0.1, 0.15) is 22.3 Å². The molecule has 2 aromatic heterocycles. The van der Waals surface area contributed by atoms with Crippen molar-refractivity contribution in [3.8, 4) is 67.3 Å². The van der Waals surface area contributed by atoms with E-state index in [9.17, 15) is 0 Å². The molecule has 9 aromatic rings. The van der Waals surface area contributed by atoms with Crippen molar-refractivity contribution in [1.29, 1.82) is 0 Å². The predicted molar refractivity (Wildman–Crippen MR) is 224 cm³/mol. The zero-order valence-electron chi connectivity index (χ0n) is 30.0. The third-order valence-electron chi connectivity index (χ3n) is 10.9. The van der Waals surface area contributed by atoms with Gasteiger partial charge in [-0.1, -0.05) is 182 Å². The van der Waals surface area contributed by atoms with Gasteiger partial charge in [-0.15, -0.1) is 0 Å². The molecule has 0 N–H and O–H groups in total. The van der Waals surface area contributed by atoms with Gasteiger partial charge in [0.1, 0.15) is 0 Å². The summed E-state index contributed by atoms with van der Waals surface area (Å²) in [6.07, 6.45) is 3.68. The van der Waals surface area contributed by atoms with Crippen molar-refractivity contribution >= 4 is 0 Å². The number of pyridine rings is 1. The Hall–Kier alpha value is -7.23. The fraction of sp³-hybridized carbons (Fsp3) is 0.0192. The topological polar surface area (TPSA) is 38.7 Å². The molecule has 258 valence electrons. The van der Waals surface area contributed by atoms with Crippen molar-refractivity contribution in [1.82, 2.24) is 15.0 Å². The van der Waals surface area contributed by atoms with E-state index in [0.717, 1.165) is 44.8 Å². The van der Waals surface area contributed by atoms with Gasteiger partial charge < -0.3 is 0 Å². The van der Waals surface area contributed by atoms with E-state index >= 15 is 0 Å². The smallest absolute Gasteiger partial charge is 0.160 e. The van der Waals surface area contributed by atoms with Gasteiger partial charge in [0.2, 0.25) is 0 Å². The quantitative estimate of drug-likeness (QED) is 0.166. The van der Waals surface area contributed by atoms with Crippen LogP contribution in [-0.4, -0.2) is 15.0 Å². The molecule has 0 saturated carbocycles. The van der Waals surface area contributed by atoms with Crippen LogP contribution in [0.25, 0.3) is 67.3 Å². The number of hydrogen-bond acceptors (Lipinski definition) is 3. The number of rotatable bonds is 7. The first-order chi connectivity index (χ1) is 27.3. The number of benzene rings is 7. The van der Waals surface area contributed by atoms with E-state index in [4.69, 9.17) is 9.97 Å². The standard InChI is InChI=1S/C52H35N3/c1-4-15-37(16-5-1)48-34-49(55-51(54-48)38-30-28-36(29-31-38)41-19-14-32-53-35-41)40-18-12-17-39(33-40)44-25-13-27-47-50(44)45-24-10-11-26-46(45)52(47,42-20-6-2-7-21-42)43-22-8-3-9-23-43/h1-35H. The van der Waals surface area contributed by atoms with E-state index in [1.165, 1.54) is 38.9 Å². The van der Waals surface area contributed by atoms with Crippen LogP contribution in [0.4, 0.5) is 0 Å². The molecule has 1 aliphatic rings. The zero-order valence-corrected chi connectivity index (χ0v) is 30.0. The van der Waals surface area contributed by atoms with Crippen LogP contribution in [0.2, 0.25) is 0 Å². The van der Waals surface area contributed by atoms with E-state index in [1.807, 2.05) is 18.3 Å². The number of nitrogens with zero attached hydrogens (tertiary/aromatic N) is 3. The summed E-state index contributed by atoms with van der Waals surface area (Å²) in [7, 11) is 0. The molecule has 55 heavy (non-hydrogen) atoms. The highest BCUT2D eigenvalue weighted by molar-refractivity contribution is 5.96. The van der Waals surface area contributed by atoms with Gasteiger partial charge >= 0.3 is 0 Å². The molecule has 0 aliphatic heterocycles. The first kappa shape index (κ1) is 32.4. The molecule has 7 aromatic carbocycles. The van der Waals surface area contributed by atoms with Crippen molar-refractivity contribution in [2.75, 3.05) is 0 Å². The summed E-state index contributed by atoms with van der Waals surface area (Å²) in [4.78, 5) is 14.6. The van der Waals surface area contributed by atoms with Gasteiger partial charge in [-0.2, -0.15) is 0 Å². The Morgan fingerprint density at radius 1 is 0.345 bits per heavy atom. The first-order valence-electron chi connectivity index (χ1n) is 18.7. The molecular formula is C52H35N3. The van der Waals surface area contributed by atoms with Gasteiger partial charge in [0.25, 0.3) is 0 Å². The summed E-state index contributed by atoms with van der Waals surface area (Å²) in [5, 5.41) is 0. The van der Waals surface area contributed by atoms with Gasteiger partial charge in [0.15, 0.2) is 5.82 Å². The molecule has 0 unspecified atom stereocenters. The maximum Gasteiger partial charge on any atom is 0.160 e. The van der Waals surface area contributed by atoms with Crippen LogP contribution >= 0.6 is 0 Å². The Morgan fingerprint density at radius 3 is 1.60 bits per heavy atom. The van der Waals surface area contributed by atoms with Crippen molar-refractivity contribution in [3.05, 3.63) is 235 Å². The Morgan fingerprint density at radius 2 is 0.891 bits per heavy atom. The SMILES string of the molecule is c1ccc(-c2cc(-c3cccc(-c4cccc5c4-c4ccccc4C5(c4ccccc4)c4ccccc4)c3)nc(-c3ccc(-c4cccnc4)cc3)n2)cc1. The van der Waals surface area contributed by atoms with Crippen LogP contribution in [0.15, 0.2) is 213 Å². The second kappa shape index (κ2) is 13.6. The number of aromatic nitrogens is 3. The van der Waals surface area contributed by atoms with Gasteiger partial charge in [0.05, 0.1) is 16.8 Å². The van der Waals surface area contributed by atoms with E-state index < -0.39 is 5.41 Å². The molecule has 0 fully saturated rings. The van der Waals surface area contributed by atoms with E-state index in [0.29, 0.717) is 5.82 Å². The van der Waals surface area contributed by atoms with E-state index in [1.54, 1.807) is 6.20 Å². The Bertz CT molecular complexity index is 2740. The van der Waals surface area contributed by atoms with E-state index in [-0.39, 0.29) is 0 Å². The minimum absolute atomic E-state index is 0.458. The second-order valence-corrected chi connectivity index (χ2v) is 14.0. The van der Waals surface area contributed by atoms with Gasteiger partial charge in [-0.25, -0.2) is 9.97 Å². The molecular weight excluding hydrogens is 667 g/mol. The molecule has 0 bridgehead atoms. The Kier molecular flexibility index (Phi) is 8.04. The normalized spacial score (nSPS) is 12.5. The van der Waals surface area contributed by atoms with Crippen molar-refractivity contribution in [2.24, 2.45) is 0 Å². The van der Waals surface area contributed by atoms with Crippen LogP contribution in [0, 0.1) is 0 Å². The molecule has 3 nitrogen and oxygen atoms in total. The Labute approximate surface area is 321 Å². The van der Waals surface area contributed by atoms with Gasteiger partial charge in [-0.05, 0) is 73.8 Å². The first-order valence-corrected chi connectivity index (χ1v) is 18.7. The van der Waals surface area contributed by atoms with Crippen molar-refractivity contribution in [3.63, 3.8) is 0 Å². The third-order valence-corrected chi connectivity index (χ3v) is 10.9. The lowest BCUT2D eigenvalue weighted by Gasteiger charge is -2.34. The van der Waals surface area contributed by atoms with Crippen LogP contribution in [-0.2, 0) is 5.41 Å². The highest BCUT2D eigenvalue weighted by atomic mass is 14.9. The van der Waals surface area contributed by atoms with Crippen molar-refractivity contribution < 1.29 is 0 Å². The van der Waals surface area contributed by atoms with E-state index in [2.05, 4.69) is 193 Å². The largest absolute Gasteiger partial charge is 0.264 e. The fourth-order valence-corrected chi connectivity index (χ4v) is 8.41. The molecule has 0 radical (unpaired) electrons. The molecule has 0 spiro atoms. The van der Waals surface area contributed by atoms with Crippen LogP contribution in [0.5, 0.6) is 0 Å². The summed E-state index contributed by atoms with van der Waals surface area (Å²) in [6.45, 7) is 0. The average molecular weight is 702 g/mol. The average Bonchev–Trinajstić information content (AvgIpc) is 3.59. The lowest BCUT2D eigenvalue weighted by Crippen LogP contribution is -2.28. The molecule has 0 amide bonds. The molecule has 2 heterocycles. The van der Waals surface area contributed by atoms with Gasteiger partial charge in [0, 0.05) is 29.1 Å². The number of hydrogen-bond donors (Lipinski definition) is 0. The second-order valence-electron chi connectivity index (χ2n) is 14.0. The summed E-state index contributed by atoms with van der Waals surface area (Å²) in [5.74, 6) is 0.685. The number of fused-ring (bicyclic) bond motifs is 3. The maximum absolute atomic E-state index is 5.22. The molecule has 3 heteroatoms. The van der Waals surface area contributed by atoms with Crippen LogP contribution < -0.4 is 0 Å². The predicted octanol–water partition coefficient (Wildman–Crippen LogP) is 12.6. The third kappa shape index (κ3) is 5.57. The molecule has 10 rings (SSSR count). The lowest BCUT2D eigenvalue weighted by molar-refractivity contribution is 0.768. The maximum atomic E-state index is 5.22. The molecule has 1 aliphatic carbocycles. The molecule has 0 saturated heterocycles. The van der Waals surface area contributed by atoms with Crippen LogP contribution in [0.3, 0.4) is 0 Å². The lowest BCUT2D eigenvalue weighted by atomic mass is 9.67. The summed E-state index contributed by atoms with van der Waals surface area (Å²) >= 11 is 0. The molecule has 0 atom stereocenters. The van der Waals surface area contributed by atoms with Gasteiger partial charge in [-0.3, -0.25) is 4.98 Å². The minimum atomic E-state index is -0.458. The zero-order chi connectivity index (χ0) is 36.6. The van der Waals surface area contributed by atoms with Crippen molar-refractivity contribution in [2.45, 2.75) is 5.41 Å².